The van der Waals surface area contributed by atoms with Crippen LogP contribution >= 0.6 is 0 Å². The first-order valence-electron chi connectivity index (χ1n) is 3.97. The van der Waals surface area contributed by atoms with Gasteiger partial charge in [0.1, 0.15) is 0 Å². The van der Waals surface area contributed by atoms with E-state index < -0.39 is 0 Å². The fraction of sp³-hybridized carbons (Fsp3) is 1.00. The van der Waals surface area contributed by atoms with E-state index in [0.717, 1.165) is 5.92 Å². The Labute approximate surface area is 70.4 Å². The van der Waals surface area contributed by atoms with Gasteiger partial charge < -0.3 is 2.85 Å². The molecule has 0 aliphatic rings. The van der Waals surface area contributed by atoms with Crippen molar-refractivity contribution in [3.8, 4) is 0 Å². The summed E-state index contributed by atoms with van der Waals surface area (Å²) < 4.78 is 0. The summed E-state index contributed by atoms with van der Waals surface area (Å²) in [6, 6.07) is 0. The Hall–Kier alpha value is 0.532. The Bertz CT molecular complexity index is 58.1. The number of hydrogen-bond acceptors (Lipinski definition) is 0. The molecule has 0 aromatic carbocycles. The van der Waals surface area contributed by atoms with Crippen molar-refractivity contribution in [2.24, 2.45) is 5.92 Å². The van der Waals surface area contributed by atoms with Crippen molar-refractivity contribution >= 4 is 16.3 Å². The summed E-state index contributed by atoms with van der Waals surface area (Å²) in [4.78, 5) is 0. The van der Waals surface area contributed by atoms with Gasteiger partial charge in [-0.15, -0.1) is 0 Å². The van der Waals surface area contributed by atoms with Crippen LogP contribution in [-0.4, -0.2) is 16.3 Å². The van der Waals surface area contributed by atoms with Crippen LogP contribution in [-0.2, 0) is 0 Å². The average Bonchev–Trinajstić information content (AvgIpc) is 1.80. The molecular formula is C8H19Al. The molecule has 54 valence electrons. The van der Waals surface area contributed by atoms with Gasteiger partial charge in [0.2, 0.25) is 0 Å². The van der Waals surface area contributed by atoms with Crippen LogP contribution in [0.25, 0.3) is 0 Å². The van der Waals surface area contributed by atoms with Crippen LogP contribution in [0.2, 0.25) is 5.28 Å². The predicted molar refractivity (Wildman–Crippen MR) is 46.1 cm³/mol. The van der Waals surface area contributed by atoms with Crippen LogP contribution in [0.15, 0.2) is 0 Å². The second kappa shape index (κ2) is 6.65. The molecule has 0 unspecified atom stereocenters. The second-order valence-electron chi connectivity index (χ2n) is 3.03. The number of rotatable bonds is 5. The van der Waals surface area contributed by atoms with E-state index in [2.05, 4.69) is 30.1 Å². The van der Waals surface area contributed by atoms with Crippen LogP contribution in [0.5, 0.6) is 0 Å². The molecule has 9 heavy (non-hydrogen) atoms. The normalized spacial score (nSPS) is 10.8. The van der Waals surface area contributed by atoms with Crippen molar-refractivity contribution in [3.63, 3.8) is 0 Å². The van der Waals surface area contributed by atoms with Crippen molar-refractivity contribution in [2.75, 3.05) is 0 Å². The molecule has 1 heteroatoms. The zero-order valence-corrected chi connectivity index (χ0v) is 7.84. The third kappa shape index (κ3) is 8.53. The molecule has 0 spiro atoms. The fourth-order valence-corrected chi connectivity index (χ4v) is 1.16. The van der Waals surface area contributed by atoms with E-state index in [1.54, 1.807) is 0 Å². The van der Waals surface area contributed by atoms with Crippen LogP contribution < -0.4 is 0 Å². The molecule has 0 nitrogen and oxygen atoms in total. The van der Waals surface area contributed by atoms with E-state index in [1.807, 2.05) is 0 Å². The average molecular weight is 142 g/mol. The third-order valence-electron chi connectivity index (χ3n) is 1.49. The second-order valence-corrected chi connectivity index (χ2v) is 3.61. The van der Waals surface area contributed by atoms with Gasteiger partial charge in [-0.2, -0.15) is 0 Å². The molecule has 0 fully saturated rings. The van der Waals surface area contributed by atoms with Gasteiger partial charge in [0.15, 0.2) is 0 Å². The van der Waals surface area contributed by atoms with Gasteiger partial charge in [0.05, 0.1) is 0 Å². The SMILES string of the molecule is CC(C)CCCC[CH2][Al+2].[H-].[H-]. The van der Waals surface area contributed by atoms with Gasteiger partial charge in [-0.3, -0.25) is 0 Å². The number of hydrogen-bond donors (Lipinski definition) is 0. The first kappa shape index (κ1) is 9.53. The summed E-state index contributed by atoms with van der Waals surface area (Å²) in [7, 11) is 0. The molecule has 0 aromatic rings. The Morgan fingerprint density at radius 1 is 1.22 bits per heavy atom. The van der Waals surface area contributed by atoms with Gasteiger partial charge in [-0.05, 0) is 0 Å². The molecule has 0 radical (unpaired) electrons. The van der Waals surface area contributed by atoms with Crippen molar-refractivity contribution in [1.82, 2.24) is 0 Å². The summed E-state index contributed by atoms with van der Waals surface area (Å²) in [6.07, 6.45) is 5.63. The molecule has 0 aliphatic heterocycles. The van der Waals surface area contributed by atoms with Crippen molar-refractivity contribution in [2.45, 2.75) is 44.8 Å². The van der Waals surface area contributed by atoms with Crippen molar-refractivity contribution < 1.29 is 2.85 Å². The summed E-state index contributed by atoms with van der Waals surface area (Å²) in [5.41, 5.74) is 0. The minimum Gasteiger partial charge on any atom is -1.00 e. The monoisotopic (exact) mass is 142 g/mol. The van der Waals surface area contributed by atoms with E-state index in [9.17, 15) is 0 Å². The quantitative estimate of drug-likeness (QED) is 0.409. The summed E-state index contributed by atoms with van der Waals surface area (Å²) in [5.74, 6) is 0.898. The molecule has 0 saturated heterocycles. The molecule has 0 atom stereocenters. The van der Waals surface area contributed by atoms with Gasteiger partial charge in [-0.1, -0.05) is 0 Å². The summed E-state index contributed by atoms with van der Waals surface area (Å²) in [6.45, 7) is 4.58. The molecule has 0 N–H and O–H groups in total. The Kier molecular flexibility index (Phi) is 7.04. The molecule has 0 aromatic heterocycles. The van der Waals surface area contributed by atoms with E-state index >= 15 is 0 Å². The predicted octanol–water partition coefficient (Wildman–Crippen LogP) is 3.01. The zero-order valence-electron chi connectivity index (χ0n) is 8.69. The van der Waals surface area contributed by atoms with Crippen LogP contribution in [0.1, 0.15) is 42.4 Å². The molecular weight excluding hydrogens is 123 g/mol. The van der Waals surface area contributed by atoms with Crippen molar-refractivity contribution in [1.29, 1.82) is 0 Å². The Balaban J connectivity index is -0.000000320. The molecule has 0 amide bonds. The maximum absolute atomic E-state index is 2.77. The third-order valence-corrected chi connectivity index (χ3v) is 1.89. The van der Waals surface area contributed by atoms with E-state index in [0.29, 0.717) is 0 Å². The fourth-order valence-electron chi connectivity index (χ4n) is 0.874. The minimum atomic E-state index is 0. The van der Waals surface area contributed by atoms with Crippen LogP contribution in [0.3, 0.4) is 0 Å². The Morgan fingerprint density at radius 3 is 2.33 bits per heavy atom. The van der Waals surface area contributed by atoms with Gasteiger partial charge >= 0.3 is 67.0 Å². The summed E-state index contributed by atoms with van der Waals surface area (Å²) in [5, 5.41) is 1.28. The van der Waals surface area contributed by atoms with E-state index in [1.165, 1.54) is 31.0 Å². The molecule has 0 rings (SSSR count). The summed E-state index contributed by atoms with van der Waals surface area (Å²) >= 11 is 2.77. The first-order chi connectivity index (χ1) is 4.27. The van der Waals surface area contributed by atoms with Gasteiger partial charge in [0, 0.05) is 0 Å². The zero-order chi connectivity index (χ0) is 7.11. The van der Waals surface area contributed by atoms with E-state index in [4.69, 9.17) is 0 Å². The Morgan fingerprint density at radius 2 is 1.89 bits per heavy atom. The van der Waals surface area contributed by atoms with Gasteiger partial charge in [0.25, 0.3) is 0 Å². The van der Waals surface area contributed by atoms with Crippen LogP contribution in [0.4, 0.5) is 0 Å². The maximum atomic E-state index is 2.77. The van der Waals surface area contributed by atoms with Crippen LogP contribution in [0, 0.1) is 5.92 Å². The smallest absolute Gasteiger partial charge is 1.00 e. The topological polar surface area (TPSA) is 0 Å². The molecule has 0 bridgehead atoms. The molecule has 0 saturated carbocycles. The van der Waals surface area contributed by atoms with Gasteiger partial charge in [-0.25, -0.2) is 0 Å². The largest absolute Gasteiger partial charge is 1.00 e. The molecule has 0 aliphatic carbocycles. The molecule has 0 heterocycles. The standard InChI is InChI=1S/C8H17.Al.2H/c1-4-5-6-7-8(2)3;;;/h8H,1,4-7H2,2-3H3;;;/q;+2;2*-1. The van der Waals surface area contributed by atoms with E-state index in [-0.39, 0.29) is 2.85 Å². The minimum absolute atomic E-state index is 0. The first-order valence-corrected chi connectivity index (χ1v) is 4.79. The number of unbranched alkanes of at least 4 members (excludes halogenated alkanes) is 2. The van der Waals surface area contributed by atoms with Crippen molar-refractivity contribution in [3.05, 3.63) is 0 Å². The maximum Gasteiger partial charge on any atom is -1.00 e.